The summed E-state index contributed by atoms with van der Waals surface area (Å²) in [4.78, 5) is 21.9. The fraction of sp³-hybridized carbons (Fsp3) is 0.200. The van der Waals surface area contributed by atoms with E-state index in [0.29, 0.717) is 16.6 Å². The van der Waals surface area contributed by atoms with Crippen molar-refractivity contribution in [2.75, 3.05) is 7.05 Å². The molecule has 0 bridgehead atoms. The standard InChI is InChI=1S/C15H14BrN7O3/c1-23(22-25)15(24)17-7-9-2-4-11-10(6-9)3-5-12(14(11)16)26-8-13-18-20-21-19-13/h2-6H,7-8H2,1H3,(H,17,24)(H,18,19,20,21). The summed E-state index contributed by atoms with van der Waals surface area (Å²) in [6, 6.07) is 8.92. The van der Waals surface area contributed by atoms with E-state index in [-0.39, 0.29) is 13.2 Å². The zero-order valence-electron chi connectivity index (χ0n) is 13.6. The minimum Gasteiger partial charge on any atom is -0.484 e. The number of hydrogen-bond donors (Lipinski definition) is 2. The van der Waals surface area contributed by atoms with E-state index in [1.54, 1.807) is 0 Å². The highest BCUT2D eigenvalue weighted by Crippen LogP contribution is 2.34. The quantitative estimate of drug-likeness (QED) is 0.466. The number of H-pyrrole nitrogens is 1. The Kier molecular flexibility index (Phi) is 5.37. The van der Waals surface area contributed by atoms with Gasteiger partial charge in [-0.15, -0.1) is 15.1 Å². The molecule has 26 heavy (non-hydrogen) atoms. The minimum atomic E-state index is -0.563. The Hall–Kier alpha value is -3.08. The summed E-state index contributed by atoms with van der Waals surface area (Å²) >= 11 is 3.55. The average molecular weight is 420 g/mol. The molecule has 3 rings (SSSR count). The number of rotatable bonds is 6. The van der Waals surface area contributed by atoms with Crippen LogP contribution in [0, 0.1) is 4.91 Å². The van der Waals surface area contributed by atoms with Gasteiger partial charge in [0.25, 0.3) is 0 Å². The first-order valence-electron chi connectivity index (χ1n) is 7.49. The number of nitrogens with one attached hydrogen (secondary N) is 2. The maximum absolute atomic E-state index is 11.6. The smallest absolute Gasteiger partial charge is 0.340 e. The monoisotopic (exact) mass is 419 g/mol. The molecular weight excluding hydrogens is 406 g/mol. The third kappa shape index (κ3) is 3.94. The molecule has 10 nitrogen and oxygen atoms in total. The van der Waals surface area contributed by atoms with Crippen LogP contribution in [0.2, 0.25) is 0 Å². The van der Waals surface area contributed by atoms with Crippen LogP contribution in [0.5, 0.6) is 5.75 Å². The second-order valence-corrected chi connectivity index (χ2v) is 6.11. The lowest BCUT2D eigenvalue weighted by atomic mass is 10.1. The van der Waals surface area contributed by atoms with Crippen molar-refractivity contribution in [1.82, 2.24) is 30.9 Å². The first-order chi connectivity index (χ1) is 12.6. The van der Waals surface area contributed by atoms with Gasteiger partial charge in [-0.2, -0.15) is 10.2 Å². The summed E-state index contributed by atoms with van der Waals surface area (Å²) in [5.74, 6) is 1.11. The van der Waals surface area contributed by atoms with Crippen molar-refractivity contribution in [3.63, 3.8) is 0 Å². The first kappa shape index (κ1) is 17.7. The van der Waals surface area contributed by atoms with E-state index in [9.17, 15) is 9.70 Å². The molecule has 0 aliphatic heterocycles. The number of carbonyl (C=O) groups excluding carboxylic acids is 1. The lowest BCUT2D eigenvalue weighted by molar-refractivity contribution is 0.209. The molecule has 11 heteroatoms. The molecule has 2 aromatic carbocycles. The molecule has 2 amide bonds. The molecule has 0 aliphatic carbocycles. The maximum Gasteiger partial charge on any atom is 0.340 e. The van der Waals surface area contributed by atoms with Crippen molar-refractivity contribution in [3.8, 4) is 5.75 Å². The number of urea groups is 1. The zero-order valence-corrected chi connectivity index (χ0v) is 15.2. The fourth-order valence-electron chi connectivity index (χ4n) is 2.26. The number of tetrazole rings is 1. The average Bonchev–Trinajstić information content (AvgIpc) is 3.18. The second kappa shape index (κ2) is 7.87. The number of aromatic amines is 1. The predicted octanol–water partition coefficient (Wildman–Crippen LogP) is 2.52. The third-order valence-corrected chi connectivity index (χ3v) is 4.41. The topological polar surface area (TPSA) is 125 Å². The number of nitroso groups, excluding NO2 is 1. The van der Waals surface area contributed by atoms with Gasteiger partial charge in [-0.25, -0.2) is 4.79 Å². The summed E-state index contributed by atoms with van der Waals surface area (Å²) < 4.78 is 6.51. The summed E-state index contributed by atoms with van der Waals surface area (Å²) in [5, 5.41) is 21.3. The van der Waals surface area contributed by atoms with Gasteiger partial charge in [0.15, 0.2) is 6.61 Å². The number of ether oxygens (including phenoxy) is 1. The Bertz CT molecular complexity index is 932. The number of carbonyl (C=O) groups is 1. The van der Waals surface area contributed by atoms with Crippen LogP contribution in [0.3, 0.4) is 0 Å². The Morgan fingerprint density at radius 2 is 2.23 bits per heavy atom. The van der Waals surface area contributed by atoms with Crippen LogP contribution >= 0.6 is 15.9 Å². The van der Waals surface area contributed by atoms with Crippen LogP contribution in [-0.2, 0) is 13.2 Å². The number of benzene rings is 2. The Morgan fingerprint density at radius 3 is 2.96 bits per heavy atom. The van der Waals surface area contributed by atoms with Crippen LogP contribution in [0.15, 0.2) is 40.1 Å². The highest BCUT2D eigenvalue weighted by molar-refractivity contribution is 9.10. The summed E-state index contributed by atoms with van der Waals surface area (Å²) in [6.45, 7) is 0.478. The van der Waals surface area contributed by atoms with E-state index in [2.05, 4.69) is 47.2 Å². The van der Waals surface area contributed by atoms with E-state index in [1.165, 1.54) is 7.05 Å². The number of halogens is 1. The Morgan fingerprint density at radius 1 is 1.38 bits per heavy atom. The largest absolute Gasteiger partial charge is 0.484 e. The highest BCUT2D eigenvalue weighted by Gasteiger charge is 2.10. The van der Waals surface area contributed by atoms with Gasteiger partial charge in [0.1, 0.15) is 5.75 Å². The number of fused-ring (bicyclic) bond motifs is 1. The highest BCUT2D eigenvalue weighted by atomic mass is 79.9. The normalized spacial score (nSPS) is 10.5. The molecule has 3 aromatic rings. The van der Waals surface area contributed by atoms with Gasteiger partial charge >= 0.3 is 6.03 Å². The Labute approximate surface area is 156 Å². The van der Waals surface area contributed by atoms with Gasteiger partial charge < -0.3 is 10.1 Å². The Balaban J connectivity index is 1.73. The number of nitrogens with zero attached hydrogens (tertiary/aromatic N) is 5. The molecule has 1 heterocycles. The molecule has 2 N–H and O–H groups in total. The van der Waals surface area contributed by atoms with Crippen molar-refractivity contribution >= 4 is 32.7 Å². The van der Waals surface area contributed by atoms with Gasteiger partial charge in [-0.3, -0.25) is 0 Å². The van der Waals surface area contributed by atoms with Crippen molar-refractivity contribution in [2.45, 2.75) is 13.2 Å². The SMILES string of the molecule is CN(N=O)C(=O)NCc1ccc2c(Br)c(OCc3nn[nH]n3)ccc2c1. The first-order valence-corrected chi connectivity index (χ1v) is 8.29. The third-order valence-electron chi connectivity index (χ3n) is 3.59. The summed E-state index contributed by atoms with van der Waals surface area (Å²) in [5.41, 5.74) is 0.887. The fourth-order valence-corrected chi connectivity index (χ4v) is 2.87. The molecule has 0 saturated carbocycles. The minimum absolute atomic E-state index is 0.197. The molecule has 0 aliphatic rings. The second-order valence-electron chi connectivity index (χ2n) is 5.31. The van der Waals surface area contributed by atoms with E-state index >= 15 is 0 Å². The van der Waals surface area contributed by atoms with Gasteiger partial charge in [0.2, 0.25) is 5.82 Å². The lowest BCUT2D eigenvalue weighted by Crippen LogP contribution is -2.33. The van der Waals surface area contributed by atoms with Crippen LogP contribution in [0.4, 0.5) is 4.79 Å². The summed E-state index contributed by atoms with van der Waals surface area (Å²) in [7, 11) is 1.29. The van der Waals surface area contributed by atoms with Crippen molar-refractivity contribution in [3.05, 3.63) is 51.1 Å². The molecule has 0 spiro atoms. The van der Waals surface area contributed by atoms with Crippen LogP contribution in [0.25, 0.3) is 10.8 Å². The van der Waals surface area contributed by atoms with Crippen LogP contribution < -0.4 is 10.1 Å². The van der Waals surface area contributed by atoms with Crippen LogP contribution in [-0.4, -0.2) is 38.7 Å². The van der Waals surface area contributed by atoms with Crippen molar-refractivity contribution < 1.29 is 9.53 Å². The van der Waals surface area contributed by atoms with Gasteiger partial charge in [0, 0.05) is 13.6 Å². The van der Waals surface area contributed by atoms with Crippen molar-refractivity contribution in [1.29, 1.82) is 0 Å². The lowest BCUT2D eigenvalue weighted by Gasteiger charge is -2.12. The van der Waals surface area contributed by atoms with Gasteiger partial charge in [-0.05, 0) is 44.4 Å². The van der Waals surface area contributed by atoms with E-state index in [1.807, 2.05) is 30.3 Å². The molecule has 0 atom stereocenters. The van der Waals surface area contributed by atoms with E-state index in [4.69, 9.17) is 4.74 Å². The molecule has 0 unspecified atom stereocenters. The number of hydrogen-bond acceptors (Lipinski definition) is 7. The van der Waals surface area contributed by atoms with Gasteiger partial charge in [0.05, 0.1) is 9.76 Å². The van der Waals surface area contributed by atoms with Crippen molar-refractivity contribution in [2.24, 2.45) is 5.29 Å². The maximum atomic E-state index is 11.6. The molecule has 0 radical (unpaired) electrons. The molecule has 134 valence electrons. The van der Waals surface area contributed by atoms with Crippen LogP contribution in [0.1, 0.15) is 11.4 Å². The molecule has 0 fully saturated rings. The number of amides is 2. The predicted molar refractivity (Wildman–Crippen MR) is 96.0 cm³/mol. The number of aromatic nitrogens is 4. The van der Waals surface area contributed by atoms with E-state index in [0.717, 1.165) is 20.8 Å². The van der Waals surface area contributed by atoms with E-state index < -0.39 is 6.03 Å². The molecule has 1 aromatic heterocycles. The molecular formula is C15H14BrN7O3. The zero-order chi connectivity index (χ0) is 18.5. The summed E-state index contributed by atoms with van der Waals surface area (Å²) in [6.07, 6.45) is 0. The van der Waals surface area contributed by atoms with Gasteiger partial charge in [-0.1, -0.05) is 23.4 Å². The molecule has 0 saturated heterocycles.